The molecule has 1 atom stereocenters. The molecule has 1 aromatic heterocycles. The number of Topliss-reactive ketones (excluding diaryl/α,β-unsaturated/α-hetero) is 1. The van der Waals surface area contributed by atoms with Crippen molar-refractivity contribution in [1.82, 2.24) is 4.98 Å². The molecule has 1 aliphatic rings. The third kappa shape index (κ3) is 5.61. The van der Waals surface area contributed by atoms with Crippen LogP contribution in [0.5, 0.6) is 17.2 Å². The van der Waals surface area contributed by atoms with E-state index in [1.807, 2.05) is 37.3 Å². The molecule has 0 aliphatic carbocycles. The second-order valence-electron chi connectivity index (χ2n) is 9.94. The Morgan fingerprint density at radius 2 is 1.64 bits per heavy atom. The molecule has 10 nitrogen and oxygen atoms in total. The van der Waals surface area contributed by atoms with Crippen LogP contribution >= 0.6 is 11.3 Å². The van der Waals surface area contributed by atoms with Gasteiger partial charge in [-0.2, -0.15) is 0 Å². The summed E-state index contributed by atoms with van der Waals surface area (Å²) in [5, 5.41) is 11.7. The minimum absolute atomic E-state index is 0.102. The average molecular weight is 615 g/mol. The number of methoxy groups -OCH3 is 3. The molecule has 0 radical (unpaired) electrons. The lowest BCUT2D eigenvalue weighted by Crippen LogP contribution is -2.29. The van der Waals surface area contributed by atoms with Gasteiger partial charge in [0, 0.05) is 5.56 Å². The number of rotatable bonds is 9. The topological polar surface area (TPSA) is 124 Å². The molecule has 44 heavy (non-hydrogen) atoms. The van der Waals surface area contributed by atoms with Crippen molar-refractivity contribution in [2.75, 3.05) is 26.2 Å². The molecule has 0 bridgehead atoms. The second-order valence-corrected chi connectivity index (χ2v) is 10.9. The molecule has 11 heteroatoms. The molecule has 3 aromatic carbocycles. The molecule has 226 valence electrons. The highest BCUT2D eigenvalue weighted by Gasteiger charge is 2.48. The summed E-state index contributed by atoms with van der Waals surface area (Å²) in [6.07, 6.45) is 0. The van der Waals surface area contributed by atoms with Gasteiger partial charge in [-0.1, -0.05) is 47.7 Å². The SMILES string of the molecule is COC(=O)c1sc(N2C(=O)C(=O)C(=C(O)c3ccc(OCc4ccccc4)c(C)c3)[C@H]2c2ccc(OC)c(OC)c2)nc1C. The predicted molar refractivity (Wildman–Crippen MR) is 164 cm³/mol. The number of ketones is 1. The number of hydrogen-bond acceptors (Lipinski definition) is 10. The lowest BCUT2D eigenvalue weighted by atomic mass is 9.94. The maximum atomic E-state index is 13.7. The van der Waals surface area contributed by atoms with Crippen LogP contribution in [0.25, 0.3) is 5.76 Å². The Labute approximate surface area is 258 Å². The number of aliphatic hydroxyl groups excluding tert-OH is 1. The van der Waals surface area contributed by atoms with Crippen molar-refractivity contribution in [2.45, 2.75) is 26.5 Å². The Hall–Kier alpha value is -5.16. The Balaban J connectivity index is 1.61. The van der Waals surface area contributed by atoms with Crippen LogP contribution in [-0.4, -0.2) is 49.1 Å². The summed E-state index contributed by atoms with van der Waals surface area (Å²) >= 11 is 0.919. The van der Waals surface area contributed by atoms with E-state index in [-0.39, 0.29) is 21.3 Å². The van der Waals surface area contributed by atoms with E-state index in [0.717, 1.165) is 22.5 Å². The molecule has 0 unspecified atom stereocenters. The average Bonchev–Trinajstić information content (AvgIpc) is 3.55. The van der Waals surface area contributed by atoms with Crippen LogP contribution in [-0.2, 0) is 20.9 Å². The van der Waals surface area contributed by atoms with Crippen LogP contribution in [0.1, 0.15) is 43.7 Å². The fraction of sp³-hybridized carbons (Fsp3) is 0.212. The third-order valence-corrected chi connectivity index (χ3v) is 8.35. The van der Waals surface area contributed by atoms with E-state index < -0.39 is 23.7 Å². The first-order chi connectivity index (χ1) is 21.2. The largest absolute Gasteiger partial charge is 0.507 e. The van der Waals surface area contributed by atoms with Crippen molar-refractivity contribution >= 4 is 39.9 Å². The maximum Gasteiger partial charge on any atom is 0.350 e. The van der Waals surface area contributed by atoms with E-state index in [4.69, 9.17) is 18.9 Å². The Morgan fingerprint density at radius 3 is 2.30 bits per heavy atom. The number of thiazole rings is 1. The highest BCUT2D eigenvalue weighted by atomic mass is 32.1. The van der Waals surface area contributed by atoms with Gasteiger partial charge in [0.25, 0.3) is 5.78 Å². The first-order valence-corrected chi connectivity index (χ1v) is 14.4. The molecule has 1 aliphatic heterocycles. The fourth-order valence-corrected chi connectivity index (χ4v) is 6.00. The predicted octanol–water partition coefficient (Wildman–Crippen LogP) is 5.77. The van der Waals surface area contributed by atoms with Crippen LogP contribution in [0, 0.1) is 13.8 Å². The van der Waals surface area contributed by atoms with Crippen molar-refractivity contribution in [3.63, 3.8) is 0 Å². The molecule has 1 N–H and O–H groups in total. The number of aromatic nitrogens is 1. The normalized spacial score (nSPS) is 15.8. The minimum Gasteiger partial charge on any atom is -0.507 e. The van der Waals surface area contributed by atoms with E-state index in [1.165, 1.54) is 26.2 Å². The highest BCUT2D eigenvalue weighted by molar-refractivity contribution is 7.17. The fourth-order valence-electron chi connectivity index (χ4n) is 4.98. The molecule has 5 rings (SSSR count). The van der Waals surface area contributed by atoms with Crippen LogP contribution in [0.15, 0.2) is 72.3 Å². The Bertz CT molecular complexity index is 1780. The quantitative estimate of drug-likeness (QED) is 0.108. The van der Waals surface area contributed by atoms with Crippen molar-refractivity contribution in [3.05, 3.63) is 105 Å². The minimum atomic E-state index is -1.10. The number of hydrogen-bond donors (Lipinski definition) is 1. The van der Waals surface area contributed by atoms with Gasteiger partial charge in [0.1, 0.15) is 23.0 Å². The number of carbonyl (C=O) groups is 3. The van der Waals surface area contributed by atoms with Crippen LogP contribution in [0.4, 0.5) is 5.13 Å². The number of nitrogens with zero attached hydrogens (tertiary/aromatic N) is 2. The van der Waals surface area contributed by atoms with Crippen LogP contribution < -0.4 is 19.1 Å². The van der Waals surface area contributed by atoms with Gasteiger partial charge in [-0.05, 0) is 60.9 Å². The van der Waals surface area contributed by atoms with Crippen molar-refractivity contribution in [1.29, 1.82) is 0 Å². The Kier molecular flexibility index (Phi) is 8.68. The van der Waals surface area contributed by atoms with Gasteiger partial charge < -0.3 is 24.1 Å². The summed E-state index contributed by atoms with van der Waals surface area (Å²) < 4.78 is 21.7. The number of amides is 1. The van der Waals surface area contributed by atoms with Crippen molar-refractivity contribution in [2.24, 2.45) is 0 Å². The summed E-state index contributed by atoms with van der Waals surface area (Å²) in [7, 11) is 4.21. The van der Waals surface area contributed by atoms with Gasteiger partial charge in [0.05, 0.1) is 38.6 Å². The van der Waals surface area contributed by atoms with Gasteiger partial charge in [0.2, 0.25) is 0 Å². The summed E-state index contributed by atoms with van der Waals surface area (Å²) in [5.41, 5.74) is 2.69. The van der Waals surface area contributed by atoms with Gasteiger partial charge in [-0.15, -0.1) is 0 Å². The molecule has 1 fully saturated rings. The lowest BCUT2D eigenvalue weighted by molar-refractivity contribution is -0.132. The highest BCUT2D eigenvalue weighted by Crippen LogP contribution is 2.45. The zero-order valence-corrected chi connectivity index (χ0v) is 25.6. The summed E-state index contributed by atoms with van der Waals surface area (Å²) in [6, 6.07) is 18.6. The number of ether oxygens (including phenoxy) is 4. The summed E-state index contributed by atoms with van der Waals surface area (Å²) in [4.78, 5) is 45.4. The van der Waals surface area contributed by atoms with E-state index in [1.54, 1.807) is 43.3 Å². The van der Waals surface area contributed by atoms with E-state index >= 15 is 0 Å². The van der Waals surface area contributed by atoms with Crippen LogP contribution in [0.2, 0.25) is 0 Å². The molecule has 0 spiro atoms. The molecule has 4 aromatic rings. The molecular weight excluding hydrogens is 584 g/mol. The van der Waals surface area contributed by atoms with E-state index in [2.05, 4.69) is 4.98 Å². The first kappa shape index (κ1) is 30.3. The number of carbonyl (C=O) groups excluding carboxylic acids is 3. The summed E-state index contributed by atoms with van der Waals surface area (Å²) in [5.74, 6) is -1.39. The number of anilines is 1. The lowest BCUT2D eigenvalue weighted by Gasteiger charge is -2.24. The molecule has 2 heterocycles. The van der Waals surface area contributed by atoms with Gasteiger partial charge in [0.15, 0.2) is 16.6 Å². The van der Waals surface area contributed by atoms with Gasteiger partial charge >= 0.3 is 11.9 Å². The van der Waals surface area contributed by atoms with Crippen molar-refractivity contribution < 1.29 is 38.4 Å². The maximum absolute atomic E-state index is 13.7. The number of benzene rings is 3. The van der Waals surface area contributed by atoms with Crippen LogP contribution in [0.3, 0.4) is 0 Å². The number of aliphatic hydroxyl groups is 1. The van der Waals surface area contributed by atoms with E-state index in [0.29, 0.717) is 40.7 Å². The number of aryl methyl sites for hydroxylation is 2. The van der Waals surface area contributed by atoms with Gasteiger partial charge in [-0.3, -0.25) is 14.5 Å². The first-order valence-electron chi connectivity index (χ1n) is 13.5. The van der Waals surface area contributed by atoms with Gasteiger partial charge in [-0.25, -0.2) is 9.78 Å². The van der Waals surface area contributed by atoms with E-state index in [9.17, 15) is 19.5 Å². The zero-order valence-electron chi connectivity index (χ0n) is 24.7. The number of esters is 1. The zero-order chi connectivity index (χ0) is 31.5. The monoisotopic (exact) mass is 614 g/mol. The summed E-state index contributed by atoms with van der Waals surface area (Å²) in [6.45, 7) is 3.80. The standard InChI is InChI=1S/C33H30N2O8S/c1-18-15-22(12-13-23(18)43-17-20-9-7-6-8-10-20)28(36)26-27(21-11-14-24(40-3)25(16-21)41-4)35(31(38)29(26)37)33-34-19(2)30(44-33)32(39)42-5/h6-16,27,36H,17H2,1-5H3/t27-/m1/s1. The van der Waals surface area contributed by atoms with Crippen molar-refractivity contribution in [3.8, 4) is 17.2 Å². The molecular formula is C33H30N2O8S. The molecule has 1 saturated heterocycles. The Morgan fingerprint density at radius 1 is 0.932 bits per heavy atom. The molecule has 0 saturated carbocycles. The smallest absolute Gasteiger partial charge is 0.350 e. The molecule has 1 amide bonds. The third-order valence-electron chi connectivity index (χ3n) is 7.22. The second kappa shape index (κ2) is 12.6.